The van der Waals surface area contributed by atoms with Crippen molar-refractivity contribution >= 4 is 23.5 Å². The molecule has 11 heteroatoms. The van der Waals surface area contributed by atoms with Crippen LogP contribution in [0.3, 0.4) is 0 Å². The zero-order valence-electron chi connectivity index (χ0n) is 26.4. The van der Waals surface area contributed by atoms with Gasteiger partial charge in [-0.25, -0.2) is 0 Å². The molecule has 2 fully saturated rings. The summed E-state index contributed by atoms with van der Waals surface area (Å²) in [4.78, 5) is 55.0. The number of hydrogen-bond donors (Lipinski definition) is 4. The second kappa shape index (κ2) is 14.7. The number of hydrogen-bond acceptors (Lipinski definition) is 8. The highest BCUT2D eigenvalue weighted by Crippen LogP contribution is 2.31. The number of epoxide rings is 1. The van der Waals surface area contributed by atoms with Crippen LogP contribution in [0.15, 0.2) is 35.9 Å². The van der Waals surface area contributed by atoms with Crippen molar-refractivity contribution in [3.8, 4) is 5.75 Å². The Bertz CT molecular complexity index is 1210. The summed E-state index contributed by atoms with van der Waals surface area (Å²) in [5.74, 6) is -0.699. The molecule has 0 saturated carbocycles. The van der Waals surface area contributed by atoms with Gasteiger partial charge in [-0.15, -0.1) is 0 Å². The van der Waals surface area contributed by atoms with Gasteiger partial charge in [0.15, 0.2) is 5.78 Å². The molecule has 4 atom stereocenters. The molecule has 2 saturated heterocycles. The number of aliphatic hydroxyl groups is 1. The first-order valence-electron chi connectivity index (χ1n) is 15.7. The Morgan fingerprint density at radius 2 is 1.68 bits per heavy atom. The number of methoxy groups -OCH3 is 1. The lowest BCUT2D eigenvalue weighted by Gasteiger charge is -2.35. The topological polar surface area (TPSA) is 150 Å². The summed E-state index contributed by atoms with van der Waals surface area (Å²) in [7, 11) is 1.59. The number of ether oxygens (including phenoxy) is 2. The molecule has 4 N–H and O–H groups in total. The van der Waals surface area contributed by atoms with Crippen molar-refractivity contribution in [2.24, 2.45) is 0 Å². The molecule has 3 amide bonds. The van der Waals surface area contributed by atoms with Crippen LogP contribution in [0.5, 0.6) is 5.75 Å². The molecular weight excluding hydrogens is 564 g/mol. The zero-order chi connectivity index (χ0) is 31.9. The molecule has 2 heterocycles. The number of nitrogens with zero attached hydrogens (tertiary/aromatic N) is 1. The number of likely N-dealkylation sites (tertiary alicyclic amines) is 1. The quantitative estimate of drug-likeness (QED) is 0.173. The molecule has 4 rings (SSSR count). The van der Waals surface area contributed by atoms with Gasteiger partial charge in [0.2, 0.25) is 17.7 Å². The maximum absolute atomic E-state index is 13.7. The smallest absolute Gasteiger partial charge is 0.243 e. The first kappa shape index (κ1) is 33.6. The minimum absolute atomic E-state index is 0.121. The Morgan fingerprint density at radius 3 is 2.27 bits per heavy atom. The van der Waals surface area contributed by atoms with E-state index in [1.165, 1.54) is 0 Å². The molecule has 1 aromatic rings. The highest BCUT2D eigenvalue weighted by atomic mass is 16.6. The fourth-order valence-electron chi connectivity index (χ4n) is 5.70. The van der Waals surface area contributed by atoms with E-state index >= 15 is 0 Å². The molecule has 2 aliphatic heterocycles. The van der Waals surface area contributed by atoms with Crippen LogP contribution in [-0.4, -0.2) is 96.2 Å². The van der Waals surface area contributed by atoms with Gasteiger partial charge in [-0.2, -0.15) is 0 Å². The first-order chi connectivity index (χ1) is 20.9. The van der Waals surface area contributed by atoms with E-state index in [4.69, 9.17) is 9.47 Å². The Kier molecular flexibility index (Phi) is 11.2. The minimum Gasteiger partial charge on any atom is -0.497 e. The molecule has 0 bridgehead atoms. The monoisotopic (exact) mass is 612 g/mol. The fourth-order valence-corrected chi connectivity index (χ4v) is 5.70. The van der Waals surface area contributed by atoms with Gasteiger partial charge in [0, 0.05) is 13.1 Å². The maximum atomic E-state index is 13.7. The largest absolute Gasteiger partial charge is 0.497 e. The van der Waals surface area contributed by atoms with Crippen LogP contribution >= 0.6 is 0 Å². The molecule has 0 radical (unpaired) electrons. The number of rotatable bonds is 15. The summed E-state index contributed by atoms with van der Waals surface area (Å²) in [6, 6.07) is 4.91. The second-order valence-corrected chi connectivity index (χ2v) is 12.9. The number of allylic oxidation sites excluding steroid dienone is 1. The van der Waals surface area contributed by atoms with Crippen LogP contribution < -0.4 is 20.7 Å². The molecule has 3 aliphatic rings. The Balaban J connectivity index is 1.40. The van der Waals surface area contributed by atoms with Gasteiger partial charge in [0.1, 0.15) is 23.4 Å². The van der Waals surface area contributed by atoms with Crippen molar-refractivity contribution in [1.82, 2.24) is 20.9 Å². The summed E-state index contributed by atoms with van der Waals surface area (Å²) in [5, 5.41) is 18.7. The predicted molar refractivity (Wildman–Crippen MR) is 165 cm³/mol. The third kappa shape index (κ3) is 9.61. The van der Waals surface area contributed by atoms with Gasteiger partial charge < -0.3 is 30.5 Å². The number of Topliss-reactive ketones (excluding diaryl/α,β-unsaturated/α-hetero) is 1. The number of aryl methyl sites for hydroxylation is 1. The van der Waals surface area contributed by atoms with Crippen molar-refractivity contribution in [1.29, 1.82) is 0 Å². The van der Waals surface area contributed by atoms with Crippen LogP contribution in [0.25, 0.3) is 0 Å². The Labute approximate surface area is 260 Å². The summed E-state index contributed by atoms with van der Waals surface area (Å²) < 4.78 is 10.6. The molecule has 11 nitrogen and oxygen atoms in total. The molecule has 1 aromatic carbocycles. The minimum atomic E-state index is -0.936. The summed E-state index contributed by atoms with van der Waals surface area (Å²) in [6.07, 6.45) is 7.36. The van der Waals surface area contributed by atoms with E-state index < -0.39 is 41.1 Å². The van der Waals surface area contributed by atoms with Gasteiger partial charge in [-0.3, -0.25) is 24.1 Å². The third-order valence-corrected chi connectivity index (χ3v) is 8.92. The summed E-state index contributed by atoms with van der Waals surface area (Å²) in [6.45, 7) is 6.74. The molecule has 44 heavy (non-hydrogen) atoms. The molecule has 242 valence electrons. The Hall–Kier alpha value is -3.28. The highest BCUT2D eigenvalue weighted by molar-refractivity contribution is 5.98. The van der Waals surface area contributed by atoms with Gasteiger partial charge in [0.05, 0.1) is 31.9 Å². The van der Waals surface area contributed by atoms with Crippen LogP contribution in [0.1, 0.15) is 71.3 Å². The van der Waals surface area contributed by atoms with Crippen molar-refractivity contribution in [2.45, 2.75) is 101 Å². The number of benzene rings is 1. The highest BCUT2D eigenvalue weighted by Gasteiger charge is 2.50. The van der Waals surface area contributed by atoms with E-state index in [-0.39, 0.29) is 24.7 Å². The van der Waals surface area contributed by atoms with Crippen molar-refractivity contribution in [3.05, 3.63) is 41.5 Å². The Morgan fingerprint density at radius 1 is 1.02 bits per heavy atom. The van der Waals surface area contributed by atoms with E-state index in [1.54, 1.807) is 27.9 Å². The SMILES string of the molecule is COc1ccc(CC[C@H](NC(=O)[C@H](C)NC(=O)CN2CCC(C)(O)CC2)C(=O)N[C@@H](CC2=CCCC2)C(=O)[C@@]2(C)CO2)cc1. The number of nitrogens with one attached hydrogen (secondary N) is 3. The normalized spacial score (nSPS) is 23.1. The average molecular weight is 613 g/mol. The number of ketones is 1. The lowest BCUT2D eigenvalue weighted by Crippen LogP contribution is -2.56. The van der Waals surface area contributed by atoms with Crippen molar-refractivity contribution in [2.75, 3.05) is 33.4 Å². The third-order valence-electron chi connectivity index (χ3n) is 8.92. The van der Waals surface area contributed by atoms with Crippen LogP contribution in [-0.2, 0) is 30.3 Å². The van der Waals surface area contributed by atoms with Gasteiger partial charge in [0.25, 0.3) is 0 Å². The molecular formula is C33H48N4O7. The molecule has 1 aliphatic carbocycles. The standard InChI is InChI=1S/C33H48N4O7/c1-22(34-28(38)20-37-17-15-32(2,42)16-18-37)30(40)35-26(14-11-23-9-12-25(43-4)13-10-23)31(41)36-27(19-24-7-5-6-8-24)29(39)33(3)21-44-33/h7,9-10,12-13,22,26-27,42H,5-6,8,11,14-21H2,1-4H3,(H,34,38)(H,35,40)(H,36,41)/t22-,26-,27-,33+/m0/s1. The number of piperidine rings is 1. The maximum Gasteiger partial charge on any atom is 0.243 e. The van der Waals surface area contributed by atoms with Crippen LogP contribution in [0.2, 0.25) is 0 Å². The number of carbonyl (C=O) groups excluding carboxylic acids is 4. The molecule has 0 unspecified atom stereocenters. The van der Waals surface area contributed by atoms with E-state index in [9.17, 15) is 24.3 Å². The van der Waals surface area contributed by atoms with Crippen molar-refractivity contribution < 1.29 is 33.8 Å². The van der Waals surface area contributed by atoms with Gasteiger partial charge in [-0.05, 0) is 89.8 Å². The molecule has 0 spiro atoms. The predicted octanol–water partition coefficient (Wildman–Crippen LogP) is 1.81. The lowest BCUT2D eigenvalue weighted by molar-refractivity contribution is -0.134. The first-order valence-corrected chi connectivity index (χ1v) is 15.7. The van der Waals surface area contributed by atoms with E-state index in [2.05, 4.69) is 22.0 Å². The average Bonchev–Trinajstić information content (AvgIpc) is 3.53. The summed E-state index contributed by atoms with van der Waals surface area (Å²) >= 11 is 0. The van der Waals surface area contributed by atoms with Crippen molar-refractivity contribution in [3.63, 3.8) is 0 Å². The zero-order valence-corrected chi connectivity index (χ0v) is 26.4. The van der Waals surface area contributed by atoms with Gasteiger partial charge >= 0.3 is 0 Å². The number of amides is 3. The van der Waals surface area contributed by atoms with Crippen LogP contribution in [0.4, 0.5) is 0 Å². The number of carbonyl (C=O) groups is 4. The van der Waals surface area contributed by atoms with E-state index in [1.807, 2.05) is 29.2 Å². The van der Waals surface area contributed by atoms with Gasteiger partial charge in [-0.1, -0.05) is 23.8 Å². The van der Waals surface area contributed by atoms with Crippen LogP contribution in [0, 0.1) is 0 Å². The molecule has 0 aromatic heterocycles. The summed E-state index contributed by atoms with van der Waals surface area (Å²) in [5.41, 5.74) is 0.479. The lowest BCUT2D eigenvalue weighted by atomic mass is 9.94. The fraction of sp³-hybridized carbons (Fsp3) is 0.636. The second-order valence-electron chi connectivity index (χ2n) is 12.9. The van der Waals surface area contributed by atoms with E-state index in [0.717, 1.165) is 30.4 Å². The van der Waals surface area contributed by atoms with E-state index in [0.29, 0.717) is 51.1 Å².